The zero-order chi connectivity index (χ0) is 18.4. The van der Waals surface area contributed by atoms with Gasteiger partial charge in [0.2, 0.25) is 0 Å². The first-order valence-corrected chi connectivity index (χ1v) is 8.20. The summed E-state index contributed by atoms with van der Waals surface area (Å²) in [6.45, 7) is -0.656. The maximum atomic E-state index is 12.8. The van der Waals surface area contributed by atoms with Gasteiger partial charge in [-0.25, -0.2) is 12.8 Å². The third kappa shape index (κ3) is 4.96. The summed E-state index contributed by atoms with van der Waals surface area (Å²) in [4.78, 5) is 23.3. The number of hydrogen-bond acceptors (Lipinski definition) is 6. The van der Waals surface area contributed by atoms with Gasteiger partial charge >= 0.3 is 5.69 Å². The Balaban J connectivity index is 1.93. The molecule has 0 saturated carbocycles. The molecule has 0 radical (unpaired) electrons. The molecule has 0 atom stereocenters. The number of amides is 1. The first kappa shape index (κ1) is 18.3. The second-order valence-corrected chi connectivity index (χ2v) is 6.30. The number of nitro groups is 1. The van der Waals surface area contributed by atoms with Crippen molar-refractivity contribution in [2.45, 2.75) is 4.90 Å². The predicted molar refractivity (Wildman–Crippen MR) is 83.5 cm³/mol. The summed E-state index contributed by atoms with van der Waals surface area (Å²) in [5, 5.41) is 10.8. The molecule has 0 bridgehead atoms. The summed E-state index contributed by atoms with van der Waals surface area (Å²) in [6.07, 6.45) is 0. The number of hydrogen-bond donors (Lipinski definition) is 2. The second-order valence-electron chi connectivity index (χ2n) is 4.62. The molecule has 0 spiro atoms. The van der Waals surface area contributed by atoms with Crippen molar-refractivity contribution in [2.24, 2.45) is 0 Å². The number of benzene rings is 2. The van der Waals surface area contributed by atoms with Crippen LogP contribution in [0.3, 0.4) is 0 Å². The van der Waals surface area contributed by atoms with Gasteiger partial charge in [0.1, 0.15) is 5.82 Å². The van der Waals surface area contributed by atoms with E-state index in [1.54, 1.807) is 4.83 Å². The third-order valence-corrected chi connectivity index (χ3v) is 4.13. The summed E-state index contributed by atoms with van der Waals surface area (Å²) in [7, 11) is -4.09. The number of sulfonamides is 1. The van der Waals surface area contributed by atoms with Crippen LogP contribution in [0, 0.1) is 15.9 Å². The molecule has 25 heavy (non-hydrogen) atoms. The van der Waals surface area contributed by atoms with E-state index in [1.165, 1.54) is 24.3 Å². The second kappa shape index (κ2) is 7.68. The van der Waals surface area contributed by atoms with Crippen LogP contribution in [-0.4, -0.2) is 25.9 Å². The number of halogens is 1. The topological polar surface area (TPSA) is 128 Å². The van der Waals surface area contributed by atoms with Crippen LogP contribution < -0.4 is 15.0 Å². The molecule has 0 unspecified atom stereocenters. The van der Waals surface area contributed by atoms with Gasteiger partial charge in [0.05, 0.1) is 9.82 Å². The smallest absolute Gasteiger partial charge is 0.310 e. The molecule has 0 aliphatic heterocycles. The summed E-state index contributed by atoms with van der Waals surface area (Å²) < 4.78 is 41.6. The maximum absolute atomic E-state index is 12.8. The van der Waals surface area contributed by atoms with Gasteiger partial charge < -0.3 is 4.74 Å². The van der Waals surface area contributed by atoms with E-state index in [-0.39, 0.29) is 16.3 Å². The van der Waals surface area contributed by atoms with Gasteiger partial charge in [0, 0.05) is 6.07 Å². The highest BCUT2D eigenvalue weighted by Crippen LogP contribution is 2.25. The van der Waals surface area contributed by atoms with E-state index in [0.29, 0.717) is 0 Å². The van der Waals surface area contributed by atoms with Crippen molar-refractivity contribution < 1.29 is 27.3 Å². The van der Waals surface area contributed by atoms with Gasteiger partial charge in [-0.05, 0) is 30.3 Å². The number of nitro benzene ring substituents is 1. The van der Waals surface area contributed by atoms with Crippen molar-refractivity contribution in [3.63, 3.8) is 0 Å². The SMILES string of the molecule is O=C(COc1ccccc1[N+](=O)[O-])NNS(=O)(=O)c1ccc(F)cc1. The highest BCUT2D eigenvalue weighted by Gasteiger charge is 2.17. The first-order chi connectivity index (χ1) is 11.8. The molecule has 2 rings (SSSR count). The van der Waals surface area contributed by atoms with Crippen LogP contribution in [0.15, 0.2) is 53.4 Å². The lowest BCUT2D eigenvalue weighted by atomic mass is 10.3. The molecule has 0 aliphatic rings. The largest absolute Gasteiger partial charge is 0.477 e. The standard InChI is InChI=1S/C14H12FN3O6S/c15-10-5-7-11(8-6-10)25(22,23)17-16-14(19)9-24-13-4-2-1-3-12(13)18(20)21/h1-8,17H,9H2,(H,16,19). The van der Waals surface area contributed by atoms with Crippen molar-refractivity contribution >= 4 is 21.6 Å². The highest BCUT2D eigenvalue weighted by atomic mass is 32.2. The van der Waals surface area contributed by atoms with Crippen LogP contribution in [0.1, 0.15) is 0 Å². The lowest BCUT2D eigenvalue weighted by Gasteiger charge is -2.09. The number of carbonyl (C=O) groups is 1. The van der Waals surface area contributed by atoms with Crippen LogP contribution in [0.25, 0.3) is 0 Å². The molecule has 0 fully saturated rings. The van der Waals surface area contributed by atoms with Crippen molar-refractivity contribution in [2.75, 3.05) is 6.61 Å². The molecule has 2 N–H and O–H groups in total. The van der Waals surface area contributed by atoms with Crippen molar-refractivity contribution in [1.82, 2.24) is 10.3 Å². The third-order valence-electron chi connectivity index (χ3n) is 2.87. The highest BCUT2D eigenvalue weighted by molar-refractivity contribution is 7.89. The van der Waals surface area contributed by atoms with Crippen LogP contribution in [0.5, 0.6) is 5.75 Å². The Labute approximate surface area is 141 Å². The van der Waals surface area contributed by atoms with E-state index < -0.39 is 33.3 Å². The van der Waals surface area contributed by atoms with E-state index >= 15 is 0 Å². The number of hydrazine groups is 1. The zero-order valence-corrected chi connectivity index (χ0v) is 13.3. The van der Waals surface area contributed by atoms with Gasteiger partial charge in [-0.15, -0.1) is 4.83 Å². The minimum atomic E-state index is -4.09. The van der Waals surface area contributed by atoms with E-state index in [1.807, 2.05) is 5.43 Å². The fraction of sp³-hybridized carbons (Fsp3) is 0.0714. The summed E-state index contributed by atoms with van der Waals surface area (Å²) in [5.74, 6) is -1.63. The molecule has 0 heterocycles. The Morgan fingerprint density at radius 2 is 1.80 bits per heavy atom. The Bertz CT molecular complexity index is 886. The number of nitrogens with one attached hydrogen (secondary N) is 2. The average Bonchev–Trinajstić information content (AvgIpc) is 2.59. The van der Waals surface area contributed by atoms with Gasteiger partial charge in [0.25, 0.3) is 15.9 Å². The van der Waals surface area contributed by atoms with Crippen molar-refractivity contribution in [1.29, 1.82) is 0 Å². The molecular weight excluding hydrogens is 357 g/mol. The van der Waals surface area contributed by atoms with Gasteiger partial charge in [-0.3, -0.25) is 20.3 Å². The number of para-hydroxylation sites is 2. The van der Waals surface area contributed by atoms with Crippen LogP contribution >= 0.6 is 0 Å². The molecular formula is C14H12FN3O6S. The first-order valence-electron chi connectivity index (χ1n) is 6.72. The lowest BCUT2D eigenvalue weighted by molar-refractivity contribution is -0.385. The molecule has 11 heteroatoms. The molecule has 0 aromatic heterocycles. The molecule has 132 valence electrons. The lowest BCUT2D eigenvalue weighted by Crippen LogP contribution is -2.43. The fourth-order valence-corrected chi connectivity index (χ4v) is 2.57. The number of carbonyl (C=O) groups excluding carboxylic acids is 1. The van der Waals surface area contributed by atoms with Gasteiger partial charge in [-0.1, -0.05) is 12.1 Å². The molecule has 0 aliphatic carbocycles. The van der Waals surface area contributed by atoms with E-state index in [2.05, 4.69) is 0 Å². The molecule has 1 amide bonds. The number of nitrogens with zero attached hydrogens (tertiary/aromatic N) is 1. The van der Waals surface area contributed by atoms with Crippen molar-refractivity contribution in [3.8, 4) is 5.75 Å². The number of rotatable bonds is 7. The zero-order valence-electron chi connectivity index (χ0n) is 12.5. The quantitative estimate of drug-likeness (QED) is 0.556. The van der Waals surface area contributed by atoms with Gasteiger partial charge in [-0.2, -0.15) is 0 Å². The predicted octanol–water partition coefficient (Wildman–Crippen LogP) is 1.12. The Kier molecular flexibility index (Phi) is 5.62. The molecule has 2 aromatic rings. The Hall–Kier alpha value is -3.05. The van der Waals surface area contributed by atoms with Gasteiger partial charge in [0.15, 0.2) is 12.4 Å². The minimum absolute atomic E-state index is 0.135. The molecule has 0 saturated heterocycles. The monoisotopic (exact) mass is 369 g/mol. The Morgan fingerprint density at radius 3 is 2.44 bits per heavy atom. The normalized spacial score (nSPS) is 10.9. The summed E-state index contributed by atoms with van der Waals surface area (Å²) in [6, 6.07) is 9.36. The Morgan fingerprint density at radius 1 is 1.16 bits per heavy atom. The van der Waals surface area contributed by atoms with Crippen LogP contribution in [0.4, 0.5) is 10.1 Å². The summed E-state index contributed by atoms with van der Waals surface area (Å²) in [5.41, 5.74) is 1.56. The van der Waals surface area contributed by atoms with E-state index in [0.717, 1.165) is 24.3 Å². The fourth-order valence-electron chi connectivity index (χ4n) is 1.71. The average molecular weight is 369 g/mol. The van der Waals surface area contributed by atoms with Crippen LogP contribution in [-0.2, 0) is 14.8 Å². The van der Waals surface area contributed by atoms with E-state index in [4.69, 9.17) is 4.74 Å². The maximum Gasteiger partial charge on any atom is 0.310 e. The molecule has 9 nitrogen and oxygen atoms in total. The van der Waals surface area contributed by atoms with E-state index in [9.17, 15) is 27.7 Å². The summed E-state index contributed by atoms with van der Waals surface area (Å²) >= 11 is 0. The van der Waals surface area contributed by atoms with Crippen molar-refractivity contribution in [3.05, 3.63) is 64.5 Å². The van der Waals surface area contributed by atoms with Crippen LogP contribution in [0.2, 0.25) is 0 Å². The number of ether oxygens (including phenoxy) is 1. The molecule has 2 aromatic carbocycles. The minimum Gasteiger partial charge on any atom is -0.477 e.